The van der Waals surface area contributed by atoms with Crippen molar-refractivity contribution in [1.29, 1.82) is 0 Å². The highest BCUT2D eigenvalue weighted by atomic mass is 16.5. The van der Waals surface area contributed by atoms with Crippen LogP contribution in [0.2, 0.25) is 0 Å². The maximum atomic E-state index is 5.26. The molecule has 0 aliphatic carbocycles. The number of hydrogen-bond donors (Lipinski definition) is 2. The SMILES string of the molecule is COc1ccc(-c2cc3nc(C)c(C)c(NCC(C)(C)C[NH+](C)C)n3n2)cc1. The van der Waals surface area contributed by atoms with E-state index in [0.29, 0.717) is 0 Å². The summed E-state index contributed by atoms with van der Waals surface area (Å²) in [6, 6.07) is 9.99. The molecule has 3 rings (SSSR count). The molecule has 6 nitrogen and oxygen atoms in total. The zero-order chi connectivity index (χ0) is 20.5. The Kier molecular flexibility index (Phi) is 5.61. The molecule has 0 aliphatic rings. The Labute approximate surface area is 167 Å². The molecule has 28 heavy (non-hydrogen) atoms. The molecule has 2 aromatic heterocycles. The lowest BCUT2D eigenvalue weighted by molar-refractivity contribution is -0.865. The molecule has 0 saturated carbocycles. The first-order valence-electron chi connectivity index (χ1n) is 9.74. The van der Waals surface area contributed by atoms with Crippen LogP contribution in [-0.4, -0.2) is 48.9 Å². The molecule has 6 heteroatoms. The number of nitrogens with one attached hydrogen (secondary N) is 2. The van der Waals surface area contributed by atoms with Crippen LogP contribution in [0.4, 0.5) is 5.82 Å². The van der Waals surface area contributed by atoms with Crippen LogP contribution in [0, 0.1) is 19.3 Å². The van der Waals surface area contributed by atoms with Gasteiger partial charge < -0.3 is 15.0 Å². The lowest BCUT2D eigenvalue weighted by atomic mass is 9.93. The molecule has 0 aliphatic heterocycles. The van der Waals surface area contributed by atoms with Gasteiger partial charge in [-0.1, -0.05) is 13.8 Å². The highest BCUT2D eigenvalue weighted by Crippen LogP contribution is 2.26. The third-order valence-corrected chi connectivity index (χ3v) is 5.03. The Morgan fingerprint density at radius 3 is 2.43 bits per heavy atom. The van der Waals surface area contributed by atoms with Crippen molar-refractivity contribution in [2.24, 2.45) is 5.41 Å². The van der Waals surface area contributed by atoms with E-state index < -0.39 is 0 Å². The number of rotatable bonds is 7. The molecule has 0 bridgehead atoms. The van der Waals surface area contributed by atoms with E-state index in [1.165, 1.54) is 4.90 Å². The Morgan fingerprint density at radius 2 is 1.82 bits per heavy atom. The predicted octanol–water partition coefficient (Wildman–Crippen LogP) is 2.60. The Balaban J connectivity index is 1.97. The van der Waals surface area contributed by atoms with Crippen LogP contribution in [0.15, 0.2) is 30.3 Å². The number of nitrogens with zero attached hydrogens (tertiary/aromatic N) is 3. The first kappa shape index (κ1) is 20.1. The summed E-state index contributed by atoms with van der Waals surface area (Å²) in [7, 11) is 6.06. The molecule has 1 aromatic carbocycles. The zero-order valence-corrected chi connectivity index (χ0v) is 18.1. The summed E-state index contributed by atoms with van der Waals surface area (Å²) >= 11 is 0. The van der Waals surface area contributed by atoms with Crippen molar-refractivity contribution in [1.82, 2.24) is 14.6 Å². The average molecular weight is 383 g/mol. The molecule has 0 atom stereocenters. The lowest BCUT2D eigenvalue weighted by Crippen LogP contribution is -3.07. The van der Waals surface area contributed by atoms with Gasteiger partial charge in [-0.2, -0.15) is 9.61 Å². The molecule has 0 fully saturated rings. The predicted molar refractivity (Wildman–Crippen MR) is 114 cm³/mol. The zero-order valence-electron chi connectivity index (χ0n) is 18.1. The summed E-state index contributed by atoms with van der Waals surface area (Å²) < 4.78 is 7.19. The van der Waals surface area contributed by atoms with Crippen LogP contribution in [-0.2, 0) is 0 Å². The number of methoxy groups -OCH3 is 1. The van der Waals surface area contributed by atoms with Crippen LogP contribution in [0.1, 0.15) is 25.1 Å². The first-order chi connectivity index (χ1) is 13.2. The summed E-state index contributed by atoms with van der Waals surface area (Å²) in [6.07, 6.45) is 0. The minimum atomic E-state index is 0.167. The topological polar surface area (TPSA) is 55.9 Å². The first-order valence-corrected chi connectivity index (χ1v) is 9.74. The normalized spacial score (nSPS) is 12.0. The van der Waals surface area contributed by atoms with E-state index in [2.05, 4.69) is 47.1 Å². The molecule has 3 aromatic rings. The summed E-state index contributed by atoms with van der Waals surface area (Å²) in [5.41, 5.74) is 5.12. The second-order valence-electron chi connectivity index (χ2n) is 8.60. The fourth-order valence-corrected chi connectivity index (χ4v) is 3.65. The number of aromatic nitrogens is 3. The van der Waals surface area contributed by atoms with E-state index in [4.69, 9.17) is 14.8 Å². The number of anilines is 1. The molecule has 150 valence electrons. The monoisotopic (exact) mass is 382 g/mol. The quantitative estimate of drug-likeness (QED) is 0.660. The van der Waals surface area contributed by atoms with Crippen LogP contribution in [0.25, 0.3) is 16.9 Å². The van der Waals surface area contributed by atoms with Crippen molar-refractivity contribution in [2.45, 2.75) is 27.7 Å². The largest absolute Gasteiger partial charge is 0.497 e. The van der Waals surface area contributed by atoms with Crippen LogP contribution in [0.3, 0.4) is 0 Å². The summed E-state index contributed by atoms with van der Waals surface area (Å²) in [5, 5.41) is 8.50. The average Bonchev–Trinajstić information content (AvgIpc) is 3.04. The Hall–Kier alpha value is -2.60. The summed E-state index contributed by atoms with van der Waals surface area (Å²) in [4.78, 5) is 6.19. The third-order valence-electron chi connectivity index (χ3n) is 5.03. The number of benzene rings is 1. The molecule has 0 radical (unpaired) electrons. The molecule has 0 unspecified atom stereocenters. The molecular formula is C22H32N5O+. The molecule has 0 saturated heterocycles. The van der Waals surface area contributed by atoms with E-state index in [-0.39, 0.29) is 5.41 Å². The molecule has 0 spiro atoms. The number of aryl methyl sites for hydroxylation is 1. The van der Waals surface area contributed by atoms with Gasteiger partial charge in [-0.3, -0.25) is 0 Å². The minimum absolute atomic E-state index is 0.167. The van der Waals surface area contributed by atoms with Crippen molar-refractivity contribution >= 4 is 11.5 Å². The van der Waals surface area contributed by atoms with Crippen molar-refractivity contribution < 1.29 is 9.64 Å². The van der Waals surface area contributed by atoms with E-state index in [1.807, 2.05) is 34.8 Å². The van der Waals surface area contributed by atoms with Gasteiger partial charge in [0.1, 0.15) is 11.6 Å². The van der Waals surface area contributed by atoms with Gasteiger partial charge in [0.15, 0.2) is 5.65 Å². The van der Waals surface area contributed by atoms with E-state index in [9.17, 15) is 0 Å². The van der Waals surface area contributed by atoms with Crippen LogP contribution < -0.4 is 15.0 Å². The van der Waals surface area contributed by atoms with Gasteiger partial charge in [-0.05, 0) is 38.1 Å². The second kappa shape index (κ2) is 7.80. The van der Waals surface area contributed by atoms with E-state index in [0.717, 1.165) is 52.8 Å². The number of quaternary nitrogens is 1. The van der Waals surface area contributed by atoms with Gasteiger partial charge in [-0.25, -0.2) is 4.98 Å². The highest BCUT2D eigenvalue weighted by Gasteiger charge is 2.23. The maximum absolute atomic E-state index is 5.26. The number of hydrogen-bond acceptors (Lipinski definition) is 4. The fourth-order valence-electron chi connectivity index (χ4n) is 3.65. The standard InChI is InChI=1S/C22H31N5O/c1-15-16(2)24-20-12-19(17-8-10-18(28-7)11-9-17)25-27(20)21(15)23-13-22(3,4)14-26(5)6/h8-12,23H,13-14H2,1-7H3/p+1. The van der Waals surface area contributed by atoms with Gasteiger partial charge in [-0.15, -0.1) is 0 Å². The van der Waals surface area contributed by atoms with Gasteiger partial charge in [0.05, 0.1) is 33.4 Å². The number of fused-ring (bicyclic) bond motifs is 1. The van der Waals surface area contributed by atoms with Crippen LogP contribution >= 0.6 is 0 Å². The lowest BCUT2D eigenvalue weighted by Gasteiger charge is -2.27. The molecule has 2 heterocycles. The van der Waals surface area contributed by atoms with Gasteiger partial charge >= 0.3 is 0 Å². The second-order valence-corrected chi connectivity index (χ2v) is 8.60. The highest BCUT2D eigenvalue weighted by molar-refractivity contribution is 5.67. The van der Waals surface area contributed by atoms with Crippen LogP contribution in [0.5, 0.6) is 5.75 Å². The Bertz CT molecular complexity index is 957. The fraction of sp³-hybridized carbons (Fsp3) is 0.455. The van der Waals surface area contributed by atoms with Gasteiger partial charge in [0, 0.05) is 34.8 Å². The number of ether oxygens (including phenoxy) is 1. The van der Waals surface area contributed by atoms with Crippen molar-refractivity contribution in [3.8, 4) is 17.0 Å². The summed E-state index contributed by atoms with van der Waals surface area (Å²) in [5.74, 6) is 1.86. The minimum Gasteiger partial charge on any atom is -0.497 e. The van der Waals surface area contributed by atoms with Crippen molar-refractivity contribution in [3.63, 3.8) is 0 Å². The molecular weight excluding hydrogens is 350 g/mol. The Morgan fingerprint density at radius 1 is 1.14 bits per heavy atom. The van der Waals surface area contributed by atoms with Crippen molar-refractivity contribution in [3.05, 3.63) is 41.6 Å². The summed E-state index contributed by atoms with van der Waals surface area (Å²) in [6.45, 7) is 10.7. The van der Waals surface area contributed by atoms with E-state index in [1.54, 1.807) is 7.11 Å². The third kappa shape index (κ3) is 4.28. The maximum Gasteiger partial charge on any atom is 0.158 e. The van der Waals surface area contributed by atoms with Gasteiger partial charge in [0.2, 0.25) is 0 Å². The van der Waals surface area contributed by atoms with Crippen molar-refractivity contribution in [2.75, 3.05) is 39.6 Å². The smallest absolute Gasteiger partial charge is 0.158 e. The van der Waals surface area contributed by atoms with Gasteiger partial charge in [0.25, 0.3) is 0 Å². The van der Waals surface area contributed by atoms with E-state index >= 15 is 0 Å². The molecule has 2 N–H and O–H groups in total. The molecule has 0 amide bonds.